The minimum atomic E-state index is -0.180. The maximum Gasteiger partial charge on any atom is 0.261 e. The number of rotatable bonds is 6. The van der Waals surface area contributed by atoms with Crippen molar-refractivity contribution in [3.63, 3.8) is 0 Å². The molecule has 164 valence electrons. The van der Waals surface area contributed by atoms with Crippen LogP contribution in [0.4, 0.5) is 0 Å². The average Bonchev–Trinajstić information content (AvgIpc) is 3.29. The second-order valence-electron chi connectivity index (χ2n) is 9.48. The molecule has 1 saturated carbocycles. The highest BCUT2D eigenvalue weighted by molar-refractivity contribution is 7.17. The Balaban J connectivity index is 1.55. The van der Waals surface area contributed by atoms with Crippen LogP contribution in [0.25, 0.3) is 21.7 Å². The van der Waals surface area contributed by atoms with E-state index in [4.69, 9.17) is 4.98 Å². The topological polar surface area (TPSA) is 99.8 Å². The molecule has 3 heterocycles. The van der Waals surface area contributed by atoms with E-state index in [0.29, 0.717) is 33.2 Å². The molecule has 1 fully saturated rings. The van der Waals surface area contributed by atoms with Gasteiger partial charge in [0, 0.05) is 18.3 Å². The molecule has 7 nitrogen and oxygen atoms in total. The van der Waals surface area contributed by atoms with Crippen molar-refractivity contribution in [1.82, 2.24) is 25.6 Å². The van der Waals surface area contributed by atoms with Crippen molar-refractivity contribution in [2.45, 2.75) is 59.5 Å². The molecule has 0 aromatic carbocycles. The molecule has 3 aromatic heterocycles. The number of nitrogens with zero attached hydrogens (tertiary/aromatic N) is 2. The Kier molecular flexibility index (Phi) is 5.60. The van der Waals surface area contributed by atoms with Gasteiger partial charge in [-0.05, 0) is 50.2 Å². The van der Waals surface area contributed by atoms with Gasteiger partial charge in [0.1, 0.15) is 5.52 Å². The minimum absolute atomic E-state index is 0.00232. The Hall–Kier alpha value is -2.74. The van der Waals surface area contributed by atoms with Gasteiger partial charge in [0.15, 0.2) is 5.65 Å². The summed E-state index contributed by atoms with van der Waals surface area (Å²) in [7, 11) is 0. The van der Waals surface area contributed by atoms with Gasteiger partial charge in [0.05, 0.1) is 27.2 Å². The van der Waals surface area contributed by atoms with E-state index in [2.05, 4.69) is 48.3 Å². The van der Waals surface area contributed by atoms with Gasteiger partial charge < -0.3 is 15.6 Å². The molecule has 1 aliphatic rings. The van der Waals surface area contributed by atoms with E-state index in [1.165, 1.54) is 24.2 Å². The number of thiophene rings is 1. The number of amides is 2. The zero-order valence-corrected chi connectivity index (χ0v) is 19.4. The maximum absolute atomic E-state index is 12.8. The van der Waals surface area contributed by atoms with E-state index in [1.54, 1.807) is 12.4 Å². The first kappa shape index (κ1) is 21.5. The molecule has 31 heavy (non-hydrogen) atoms. The van der Waals surface area contributed by atoms with Gasteiger partial charge in [-0.2, -0.15) is 0 Å². The predicted octanol–water partition coefficient (Wildman–Crippen LogP) is 4.38. The zero-order valence-electron chi connectivity index (χ0n) is 18.6. The van der Waals surface area contributed by atoms with Crippen LogP contribution in [0.3, 0.4) is 0 Å². The minimum Gasteiger partial charge on any atom is -0.349 e. The molecule has 0 spiro atoms. The highest BCUT2D eigenvalue weighted by Crippen LogP contribution is 2.33. The molecule has 0 aliphatic heterocycles. The lowest BCUT2D eigenvalue weighted by atomic mass is 9.88. The molecule has 4 rings (SSSR count). The van der Waals surface area contributed by atoms with Gasteiger partial charge in [-0.15, -0.1) is 11.3 Å². The Morgan fingerprint density at radius 1 is 1.16 bits per heavy atom. The van der Waals surface area contributed by atoms with Crippen LogP contribution in [0.2, 0.25) is 0 Å². The third-order valence-corrected chi connectivity index (χ3v) is 7.15. The summed E-state index contributed by atoms with van der Waals surface area (Å²) in [6.07, 6.45) is 5.69. The molecular formula is C23H29N5O2S. The summed E-state index contributed by atoms with van der Waals surface area (Å²) < 4.78 is 0. The van der Waals surface area contributed by atoms with E-state index in [-0.39, 0.29) is 29.3 Å². The fraction of sp³-hybridized carbons (Fsp3) is 0.478. The summed E-state index contributed by atoms with van der Waals surface area (Å²) in [6, 6.07) is 3.89. The zero-order chi connectivity index (χ0) is 22.3. The highest BCUT2D eigenvalue weighted by atomic mass is 32.1. The van der Waals surface area contributed by atoms with Gasteiger partial charge in [-0.1, -0.05) is 20.8 Å². The van der Waals surface area contributed by atoms with Crippen LogP contribution in [0.1, 0.15) is 67.5 Å². The lowest BCUT2D eigenvalue weighted by Crippen LogP contribution is -2.41. The van der Waals surface area contributed by atoms with Crippen LogP contribution < -0.4 is 10.6 Å². The lowest BCUT2D eigenvalue weighted by Gasteiger charge is -2.27. The Bertz CT molecular complexity index is 1120. The molecule has 8 heteroatoms. The van der Waals surface area contributed by atoms with Gasteiger partial charge in [0.2, 0.25) is 0 Å². The van der Waals surface area contributed by atoms with E-state index in [1.807, 2.05) is 19.1 Å². The number of H-pyrrole nitrogens is 1. The van der Waals surface area contributed by atoms with Gasteiger partial charge in [0.25, 0.3) is 11.8 Å². The quantitative estimate of drug-likeness (QED) is 0.531. The summed E-state index contributed by atoms with van der Waals surface area (Å²) in [6.45, 7) is 10.3. The molecule has 0 bridgehead atoms. The molecule has 0 unspecified atom stereocenters. The van der Waals surface area contributed by atoms with Crippen molar-refractivity contribution in [3.05, 3.63) is 35.0 Å². The number of nitrogens with one attached hydrogen (secondary N) is 3. The molecule has 0 radical (unpaired) electrons. The van der Waals surface area contributed by atoms with E-state index in [9.17, 15) is 9.59 Å². The van der Waals surface area contributed by atoms with Crippen molar-refractivity contribution in [1.29, 1.82) is 0 Å². The second-order valence-corrected chi connectivity index (χ2v) is 10.6. The van der Waals surface area contributed by atoms with Crippen LogP contribution in [0.15, 0.2) is 24.5 Å². The fourth-order valence-corrected chi connectivity index (χ4v) is 4.13. The van der Waals surface area contributed by atoms with Crippen LogP contribution in [-0.4, -0.2) is 38.8 Å². The van der Waals surface area contributed by atoms with Crippen molar-refractivity contribution in [2.24, 2.45) is 11.3 Å². The average molecular weight is 440 g/mol. The summed E-state index contributed by atoms with van der Waals surface area (Å²) in [5.41, 5.74) is 2.14. The largest absolute Gasteiger partial charge is 0.349 e. The van der Waals surface area contributed by atoms with Gasteiger partial charge in [-0.25, -0.2) is 9.97 Å². The Morgan fingerprint density at radius 3 is 2.58 bits per heavy atom. The number of carbonyl (C=O) groups excluding carboxylic acids is 2. The van der Waals surface area contributed by atoms with Crippen LogP contribution in [-0.2, 0) is 0 Å². The first-order chi connectivity index (χ1) is 14.6. The SMILES string of the molecule is C[C@H](NC(=O)c1c[nH]c2ncc(-c3ccc(C(=O)N[C@H](C)C4CC4)s3)nc12)C(C)(C)C. The summed E-state index contributed by atoms with van der Waals surface area (Å²) in [5.74, 6) is 0.374. The number of aromatic nitrogens is 3. The molecule has 3 aromatic rings. The van der Waals surface area contributed by atoms with E-state index >= 15 is 0 Å². The van der Waals surface area contributed by atoms with E-state index < -0.39 is 0 Å². The maximum atomic E-state index is 12.8. The lowest BCUT2D eigenvalue weighted by molar-refractivity contribution is 0.0909. The normalized spacial score (nSPS) is 16.2. The Morgan fingerprint density at radius 2 is 1.90 bits per heavy atom. The van der Waals surface area contributed by atoms with Gasteiger partial charge in [-0.3, -0.25) is 9.59 Å². The first-order valence-corrected chi connectivity index (χ1v) is 11.5. The molecule has 0 saturated heterocycles. The number of fused-ring (bicyclic) bond motifs is 1. The van der Waals surface area contributed by atoms with Crippen molar-refractivity contribution < 1.29 is 9.59 Å². The Labute approximate surface area is 186 Å². The number of hydrogen-bond donors (Lipinski definition) is 3. The standard InChI is InChI=1S/C23H29N5O2S/c1-12(14-6-7-14)26-22(30)18-9-8-17(31-18)16-11-25-20-19(28-16)15(10-24-20)21(29)27-13(2)23(3,4)5/h8-14H,6-7H2,1-5H3,(H,24,25)(H,26,30)(H,27,29)/t12-,13+/m1/s1. The second kappa shape index (κ2) is 8.07. The summed E-state index contributed by atoms with van der Waals surface area (Å²) in [5, 5.41) is 6.13. The fourth-order valence-electron chi connectivity index (χ4n) is 3.26. The molecular weight excluding hydrogens is 410 g/mol. The van der Waals surface area contributed by atoms with Gasteiger partial charge >= 0.3 is 0 Å². The predicted molar refractivity (Wildman–Crippen MR) is 123 cm³/mol. The summed E-state index contributed by atoms with van der Waals surface area (Å²) >= 11 is 1.38. The molecule has 3 N–H and O–H groups in total. The third-order valence-electron chi connectivity index (χ3n) is 6.04. The van der Waals surface area contributed by atoms with Crippen LogP contribution >= 0.6 is 11.3 Å². The monoisotopic (exact) mass is 439 g/mol. The highest BCUT2D eigenvalue weighted by Gasteiger charge is 2.29. The van der Waals surface area contributed by atoms with Crippen molar-refractivity contribution in [3.8, 4) is 10.6 Å². The molecule has 2 amide bonds. The van der Waals surface area contributed by atoms with Crippen LogP contribution in [0.5, 0.6) is 0 Å². The number of hydrogen-bond acceptors (Lipinski definition) is 5. The van der Waals surface area contributed by atoms with Crippen molar-refractivity contribution >= 4 is 34.3 Å². The molecule has 1 aliphatic carbocycles. The van der Waals surface area contributed by atoms with Crippen molar-refractivity contribution in [2.75, 3.05) is 0 Å². The smallest absolute Gasteiger partial charge is 0.261 e. The number of aromatic amines is 1. The third kappa shape index (κ3) is 4.63. The molecule has 2 atom stereocenters. The van der Waals surface area contributed by atoms with Crippen LogP contribution in [0, 0.1) is 11.3 Å². The first-order valence-electron chi connectivity index (χ1n) is 10.7. The number of carbonyl (C=O) groups is 2. The summed E-state index contributed by atoms with van der Waals surface area (Å²) in [4.78, 5) is 39.0. The van der Waals surface area contributed by atoms with E-state index in [0.717, 1.165) is 4.88 Å².